The second-order valence-electron chi connectivity index (χ2n) is 4.01. The molecule has 0 bridgehead atoms. The topological polar surface area (TPSA) is 38.7 Å². The van der Waals surface area contributed by atoms with Gasteiger partial charge in [0, 0.05) is 6.61 Å². The van der Waals surface area contributed by atoms with Gasteiger partial charge < -0.3 is 14.6 Å². The minimum atomic E-state index is -0.274. The smallest absolute Gasteiger partial charge is 0.158 e. The van der Waals surface area contributed by atoms with Crippen molar-refractivity contribution in [2.24, 2.45) is 0 Å². The fraction of sp³-hybridized carbons (Fsp3) is 0.538. The van der Waals surface area contributed by atoms with E-state index >= 15 is 0 Å². The van der Waals surface area contributed by atoms with Gasteiger partial charge in [0.05, 0.1) is 6.61 Å². The van der Waals surface area contributed by atoms with Crippen LogP contribution in [0.5, 0.6) is 0 Å². The molecule has 0 aliphatic carbocycles. The summed E-state index contributed by atoms with van der Waals surface area (Å²) in [6.45, 7) is 0.751. The van der Waals surface area contributed by atoms with Gasteiger partial charge in [0.25, 0.3) is 0 Å². The minimum Gasteiger partial charge on any atom is -0.393 e. The van der Waals surface area contributed by atoms with Gasteiger partial charge in [-0.15, -0.1) is 0 Å². The maximum Gasteiger partial charge on any atom is 0.158 e. The van der Waals surface area contributed by atoms with E-state index in [1.807, 2.05) is 30.3 Å². The molecule has 1 aliphatic heterocycles. The maximum absolute atomic E-state index is 9.33. The molecule has 0 spiro atoms. The third-order valence-corrected chi connectivity index (χ3v) is 2.79. The monoisotopic (exact) mass is 222 g/mol. The molecule has 0 amide bonds. The summed E-state index contributed by atoms with van der Waals surface area (Å²) >= 11 is 0. The van der Waals surface area contributed by atoms with Crippen LogP contribution in [0.2, 0.25) is 0 Å². The summed E-state index contributed by atoms with van der Waals surface area (Å²) < 4.78 is 11.3. The average Bonchev–Trinajstić information content (AvgIpc) is 2.38. The lowest BCUT2D eigenvalue weighted by Gasteiger charge is -2.27. The molecule has 88 valence electrons. The van der Waals surface area contributed by atoms with Crippen molar-refractivity contribution in [3.8, 4) is 0 Å². The van der Waals surface area contributed by atoms with Gasteiger partial charge in [-0.05, 0) is 24.8 Å². The number of hydrogen-bond donors (Lipinski definition) is 1. The van der Waals surface area contributed by atoms with Crippen LogP contribution in [0.3, 0.4) is 0 Å². The summed E-state index contributed by atoms with van der Waals surface area (Å²) in [5.41, 5.74) is 0.999. The Kier molecular flexibility index (Phi) is 4.34. The Bertz CT molecular complexity index is 293. The summed E-state index contributed by atoms with van der Waals surface area (Å²) in [4.78, 5) is 0. The van der Waals surface area contributed by atoms with Crippen LogP contribution < -0.4 is 0 Å². The van der Waals surface area contributed by atoms with E-state index in [2.05, 4.69) is 0 Å². The molecule has 16 heavy (non-hydrogen) atoms. The van der Waals surface area contributed by atoms with Gasteiger partial charge in [0.15, 0.2) is 6.29 Å². The quantitative estimate of drug-likeness (QED) is 0.849. The van der Waals surface area contributed by atoms with E-state index in [-0.39, 0.29) is 19.0 Å². The van der Waals surface area contributed by atoms with E-state index in [4.69, 9.17) is 9.47 Å². The van der Waals surface area contributed by atoms with Crippen molar-refractivity contribution in [2.45, 2.75) is 31.7 Å². The molecule has 1 aliphatic rings. The molecule has 1 aromatic rings. The van der Waals surface area contributed by atoms with Gasteiger partial charge in [-0.3, -0.25) is 0 Å². The van der Waals surface area contributed by atoms with Crippen LogP contribution in [0.4, 0.5) is 0 Å². The largest absolute Gasteiger partial charge is 0.393 e. The highest BCUT2D eigenvalue weighted by Crippen LogP contribution is 2.23. The zero-order valence-corrected chi connectivity index (χ0v) is 9.34. The SMILES string of the molecule is OC[C@H](O[C@@H]1CCCCO1)c1ccccc1. The molecule has 1 saturated heterocycles. The Hall–Kier alpha value is -0.900. The second-order valence-corrected chi connectivity index (χ2v) is 4.01. The molecule has 0 unspecified atom stereocenters. The van der Waals surface area contributed by atoms with Crippen molar-refractivity contribution in [1.29, 1.82) is 0 Å². The van der Waals surface area contributed by atoms with Crippen LogP contribution in [-0.2, 0) is 9.47 Å². The van der Waals surface area contributed by atoms with E-state index in [0.717, 1.165) is 31.4 Å². The molecular formula is C13H18O3. The first kappa shape index (κ1) is 11.6. The van der Waals surface area contributed by atoms with Crippen molar-refractivity contribution < 1.29 is 14.6 Å². The number of ether oxygens (including phenoxy) is 2. The number of hydrogen-bond acceptors (Lipinski definition) is 3. The zero-order chi connectivity index (χ0) is 11.2. The molecule has 3 heteroatoms. The molecule has 1 N–H and O–H groups in total. The van der Waals surface area contributed by atoms with E-state index in [1.54, 1.807) is 0 Å². The molecule has 2 atom stereocenters. The van der Waals surface area contributed by atoms with Gasteiger partial charge in [0.2, 0.25) is 0 Å². The Balaban J connectivity index is 1.94. The molecule has 2 rings (SSSR count). The average molecular weight is 222 g/mol. The molecule has 3 nitrogen and oxygen atoms in total. The Morgan fingerprint density at radius 1 is 1.31 bits per heavy atom. The number of aliphatic hydroxyl groups excluding tert-OH is 1. The summed E-state index contributed by atoms with van der Waals surface area (Å²) in [5.74, 6) is 0. The van der Waals surface area contributed by atoms with E-state index < -0.39 is 0 Å². The zero-order valence-electron chi connectivity index (χ0n) is 9.34. The Labute approximate surface area is 96.0 Å². The second kappa shape index (κ2) is 5.99. The van der Waals surface area contributed by atoms with Crippen molar-refractivity contribution in [1.82, 2.24) is 0 Å². The van der Waals surface area contributed by atoms with Crippen LogP contribution in [-0.4, -0.2) is 24.6 Å². The fourth-order valence-corrected chi connectivity index (χ4v) is 1.90. The molecule has 0 aromatic heterocycles. The Morgan fingerprint density at radius 3 is 2.75 bits per heavy atom. The van der Waals surface area contributed by atoms with E-state index in [0.29, 0.717) is 0 Å². The fourth-order valence-electron chi connectivity index (χ4n) is 1.90. The molecule has 1 fully saturated rings. The normalized spacial score (nSPS) is 22.9. The third-order valence-electron chi connectivity index (χ3n) is 2.79. The van der Waals surface area contributed by atoms with Crippen LogP contribution in [0, 0.1) is 0 Å². The standard InChI is InChI=1S/C13H18O3/c14-10-12(11-6-2-1-3-7-11)16-13-8-4-5-9-15-13/h1-3,6-7,12-14H,4-5,8-10H2/t12-,13+/m0/s1. The molecule has 1 heterocycles. The number of benzene rings is 1. The van der Waals surface area contributed by atoms with Gasteiger partial charge in [-0.1, -0.05) is 30.3 Å². The van der Waals surface area contributed by atoms with Crippen molar-refractivity contribution in [2.75, 3.05) is 13.2 Å². The maximum atomic E-state index is 9.33. The lowest BCUT2D eigenvalue weighted by atomic mass is 10.1. The predicted octanol–water partition coefficient (Wildman–Crippen LogP) is 2.26. The lowest BCUT2D eigenvalue weighted by Crippen LogP contribution is -2.25. The first-order valence-electron chi connectivity index (χ1n) is 5.83. The highest BCUT2D eigenvalue weighted by atomic mass is 16.7. The molecule has 0 saturated carbocycles. The van der Waals surface area contributed by atoms with Gasteiger partial charge >= 0.3 is 0 Å². The van der Waals surface area contributed by atoms with Crippen molar-refractivity contribution >= 4 is 0 Å². The van der Waals surface area contributed by atoms with Crippen molar-refractivity contribution in [3.05, 3.63) is 35.9 Å². The molecular weight excluding hydrogens is 204 g/mol. The lowest BCUT2D eigenvalue weighted by molar-refractivity contribution is -0.196. The molecule has 1 aromatic carbocycles. The third kappa shape index (κ3) is 3.04. The summed E-state index contributed by atoms with van der Waals surface area (Å²) in [7, 11) is 0. The van der Waals surface area contributed by atoms with Gasteiger partial charge in [0.1, 0.15) is 6.10 Å². The van der Waals surface area contributed by atoms with Crippen LogP contribution in [0.25, 0.3) is 0 Å². The summed E-state index contributed by atoms with van der Waals surface area (Å²) in [6.07, 6.45) is 2.73. The summed E-state index contributed by atoms with van der Waals surface area (Å²) in [6, 6.07) is 9.77. The van der Waals surface area contributed by atoms with Crippen LogP contribution in [0.1, 0.15) is 30.9 Å². The van der Waals surface area contributed by atoms with Crippen LogP contribution >= 0.6 is 0 Å². The van der Waals surface area contributed by atoms with E-state index in [9.17, 15) is 5.11 Å². The van der Waals surface area contributed by atoms with Crippen molar-refractivity contribution in [3.63, 3.8) is 0 Å². The minimum absolute atomic E-state index is 0.0100. The number of rotatable bonds is 4. The van der Waals surface area contributed by atoms with Gasteiger partial charge in [-0.25, -0.2) is 0 Å². The van der Waals surface area contributed by atoms with Crippen LogP contribution in [0.15, 0.2) is 30.3 Å². The van der Waals surface area contributed by atoms with E-state index in [1.165, 1.54) is 0 Å². The highest BCUT2D eigenvalue weighted by molar-refractivity contribution is 5.17. The first-order valence-corrected chi connectivity index (χ1v) is 5.83. The molecule has 0 radical (unpaired) electrons. The van der Waals surface area contributed by atoms with Gasteiger partial charge in [-0.2, -0.15) is 0 Å². The Morgan fingerprint density at radius 2 is 2.12 bits per heavy atom. The first-order chi connectivity index (χ1) is 7.90. The highest BCUT2D eigenvalue weighted by Gasteiger charge is 2.20. The summed E-state index contributed by atoms with van der Waals surface area (Å²) in [5, 5.41) is 9.33. The predicted molar refractivity (Wildman–Crippen MR) is 60.9 cm³/mol. The number of aliphatic hydroxyl groups is 1.